The summed E-state index contributed by atoms with van der Waals surface area (Å²) in [6, 6.07) is 19.5. The Bertz CT molecular complexity index is 575. The molecule has 2 aromatic rings. The number of hydrogen-bond donors (Lipinski definition) is 0. The third kappa shape index (κ3) is 9.14. The molecule has 0 spiro atoms. The molecule has 0 aliphatic heterocycles. The zero-order chi connectivity index (χ0) is 16.0. The van der Waals surface area contributed by atoms with E-state index in [1.54, 1.807) is 0 Å². The molecule has 2 aliphatic rings. The maximum atomic E-state index is 5.58. The Balaban J connectivity index is 0.000000216. The van der Waals surface area contributed by atoms with Crippen LogP contribution in [0.5, 0.6) is 11.5 Å². The second kappa shape index (κ2) is 13.4. The average molecular weight is 348 g/mol. The van der Waals surface area contributed by atoms with Crippen molar-refractivity contribution in [1.82, 2.24) is 0 Å². The predicted molar refractivity (Wildman–Crippen MR) is 96.1 cm³/mol. The van der Waals surface area contributed by atoms with E-state index < -0.39 is 0 Å². The first kappa shape index (κ1) is 20.0. The zero-order valence-electron chi connectivity index (χ0n) is 13.6. The molecule has 0 aromatic heterocycles. The maximum absolute atomic E-state index is 5.58. The fraction of sp³-hybridized carbons (Fsp3) is 0.0909. The summed E-state index contributed by atoms with van der Waals surface area (Å²) in [5.74, 6) is 1.74. The number of allylic oxidation sites excluding steroid dienone is 8. The fourth-order valence-electron chi connectivity index (χ4n) is 1.79. The smallest absolute Gasteiger partial charge is 0.457 e. The summed E-state index contributed by atoms with van der Waals surface area (Å²) in [6.07, 6.45) is 20.0. The summed E-state index contributed by atoms with van der Waals surface area (Å²) < 4.78 is 5.58. The molecule has 0 saturated heterocycles. The normalized spacial score (nSPS) is 12.5. The first-order valence-corrected chi connectivity index (χ1v) is 7.66. The molecule has 0 radical (unpaired) electrons. The minimum absolute atomic E-state index is 0. The van der Waals surface area contributed by atoms with E-state index in [1.807, 2.05) is 85.0 Å². The monoisotopic (exact) mass is 348 g/mol. The van der Waals surface area contributed by atoms with Crippen LogP contribution in [0.2, 0.25) is 0 Å². The molecule has 24 heavy (non-hydrogen) atoms. The maximum Gasteiger partial charge on any atom is 2.00 e. The van der Waals surface area contributed by atoms with Crippen molar-refractivity contribution in [2.45, 2.75) is 12.8 Å². The molecule has 0 heterocycles. The Hall–Kier alpha value is -2.09. The van der Waals surface area contributed by atoms with Crippen molar-refractivity contribution in [3.8, 4) is 11.5 Å². The number of rotatable bonds is 2. The van der Waals surface area contributed by atoms with Crippen LogP contribution in [0.15, 0.2) is 97.1 Å². The Morgan fingerprint density at radius 3 is 1.29 bits per heavy atom. The average Bonchev–Trinajstić information content (AvgIpc) is 3.35. The van der Waals surface area contributed by atoms with Gasteiger partial charge < -0.3 is 4.74 Å². The Labute approximate surface area is 159 Å². The van der Waals surface area contributed by atoms with Gasteiger partial charge in [-0.3, -0.25) is 12.2 Å². The van der Waals surface area contributed by atoms with Gasteiger partial charge in [0.2, 0.25) is 0 Å². The van der Waals surface area contributed by atoms with Gasteiger partial charge in [-0.25, -0.2) is 24.3 Å². The van der Waals surface area contributed by atoms with Crippen LogP contribution in [0.3, 0.4) is 0 Å². The molecule has 0 amide bonds. The molecule has 0 unspecified atom stereocenters. The quantitative estimate of drug-likeness (QED) is 0.471. The SMILES string of the molecule is [C-]1=CC=CC1.[C-]1=CC=CC1.[Ti+2].c1ccc(Oc2ccccc2)cc1. The zero-order valence-corrected chi connectivity index (χ0v) is 15.1. The molecule has 118 valence electrons. The van der Waals surface area contributed by atoms with Crippen LogP contribution in [-0.2, 0) is 21.7 Å². The molecule has 2 heteroatoms. The summed E-state index contributed by atoms with van der Waals surface area (Å²) in [5.41, 5.74) is 0. The van der Waals surface area contributed by atoms with Gasteiger partial charge in [0.05, 0.1) is 0 Å². The van der Waals surface area contributed by atoms with E-state index in [0.29, 0.717) is 0 Å². The van der Waals surface area contributed by atoms with E-state index in [2.05, 4.69) is 24.3 Å². The second-order valence-corrected chi connectivity index (χ2v) is 4.73. The molecule has 2 aromatic carbocycles. The second-order valence-electron chi connectivity index (χ2n) is 4.73. The first-order chi connectivity index (χ1) is 11.4. The van der Waals surface area contributed by atoms with Gasteiger partial charge in [0, 0.05) is 0 Å². The van der Waals surface area contributed by atoms with E-state index in [9.17, 15) is 0 Å². The number of benzene rings is 2. The van der Waals surface area contributed by atoms with Crippen LogP contribution in [0.1, 0.15) is 12.8 Å². The van der Waals surface area contributed by atoms with Gasteiger partial charge in [0.1, 0.15) is 11.5 Å². The van der Waals surface area contributed by atoms with E-state index in [1.165, 1.54) is 0 Å². The van der Waals surface area contributed by atoms with Gasteiger partial charge in [0.25, 0.3) is 0 Å². The summed E-state index contributed by atoms with van der Waals surface area (Å²) in [7, 11) is 0. The number of para-hydroxylation sites is 2. The standard InChI is InChI=1S/C12H10O.2C5H5.Ti/c1-3-7-11(8-4-1)13-12-9-5-2-6-10-12;2*1-2-4-5-3-1;/h1-10H;2*1-3H,4H2;/q;2*-1;+2. The van der Waals surface area contributed by atoms with Gasteiger partial charge in [-0.1, -0.05) is 36.4 Å². The van der Waals surface area contributed by atoms with E-state index in [0.717, 1.165) is 24.3 Å². The molecule has 2 aliphatic carbocycles. The molecule has 1 nitrogen and oxygen atoms in total. The van der Waals surface area contributed by atoms with Crippen LogP contribution < -0.4 is 4.74 Å². The van der Waals surface area contributed by atoms with E-state index in [-0.39, 0.29) is 21.7 Å². The fourth-order valence-corrected chi connectivity index (χ4v) is 1.79. The van der Waals surface area contributed by atoms with Gasteiger partial charge >= 0.3 is 21.7 Å². The Morgan fingerprint density at radius 2 is 1.04 bits per heavy atom. The van der Waals surface area contributed by atoms with Crippen LogP contribution in [0.4, 0.5) is 0 Å². The summed E-state index contributed by atoms with van der Waals surface area (Å²) in [6.45, 7) is 0. The Morgan fingerprint density at radius 1 is 0.625 bits per heavy atom. The minimum atomic E-state index is 0. The van der Waals surface area contributed by atoms with Gasteiger partial charge in [0.15, 0.2) is 0 Å². The topological polar surface area (TPSA) is 9.23 Å². The number of ether oxygens (including phenoxy) is 1. The van der Waals surface area contributed by atoms with Crippen molar-refractivity contribution < 1.29 is 26.5 Å². The van der Waals surface area contributed by atoms with Crippen LogP contribution in [0.25, 0.3) is 0 Å². The Kier molecular flexibility index (Phi) is 11.1. The van der Waals surface area contributed by atoms with Crippen molar-refractivity contribution in [2.75, 3.05) is 0 Å². The molecule has 0 atom stereocenters. The summed E-state index contributed by atoms with van der Waals surface area (Å²) in [4.78, 5) is 0. The van der Waals surface area contributed by atoms with E-state index in [4.69, 9.17) is 4.74 Å². The van der Waals surface area contributed by atoms with Crippen molar-refractivity contribution in [1.29, 1.82) is 0 Å². The van der Waals surface area contributed by atoms with Crippen LogP contribution in [-0.4, -0.2) is 0 Å². The van der Waals surface area contributed by atoms with Gasteiger partial charge in [-0.05, 0) is 24.3 Å². The predicted octanol–water partition coefficient (Wildman–Crippen LogP) is 6.09. The van der Waals surface area contributed by atoms with Crippen LogP contribution >= 0.6 is 0 Å². The van der Waals surface area contributed by atoms with Crippen LogP contribution in [0, 0.1) is 12.2 Å². The molecular formula is C22H20OTi. The van der Waals surface area contributed by atoms with Crippen molar-refractivity contribution >= 4 is 0 Å². The van der Waals surface area contributed by atoms with Crippen molar-refractivity contribution in [3.63, 3.8) is 0 Å². The van der Waals surface area contributed by atoms with Gasteiger partial charge in [-0.15, -0.1) is 12.8 Å². The molecule has 0 bridgehead atoms. The third-order valence-electron chi connectivity index (χ3n) is 2.89. The molecule has 0 N–H and O–H groups in total. The molecular weight excluding hydrogens is 328 g/mol. The molecule has 4 rings (SSSR count). The minimum Gasteiger partial charge on any atom is -0.457 e. The largest absolute Gasteiger partial charge is 2.00 e. The van der Waals surface area contributed by atoms with Gasteiger partial charge in [-0.2, -0.15) is 12.2 Å². The number of hydrogen-bond acceptors (Lipinski definition) is 1. The molecule has 0 saturated carbocycles. The van der Waals surface area contributed by atoms with E-state index >= 15 is 0 Å². The first-order valence-electron chi connectivity index (χ1n) is 7.66. The third-order valence-corrected chi connectivity index (χ3v) is 2.89. The summed E-state index contributed by atoms with van der Waals surface area (Å²) in [5, 5.41) is 0. The van der Waals surface area contributed by atoms with Crippen molar-refractivity contribution in [3.05, 3.63) is 109 Å². The summed E-state index contributed by atoms with van der Waals surface area (Å²) >= 11 is 0. The van der Waals surface area contributed by atoms with Crippen molar-refractivity contribution in [2.24, 2.45) is 0 Å². The molecule has 0 fully saturated rings.